The van der Waals surface area contributed by atoms with Crippen molar-refractivity contribution in [3.8, 4) is 0 Å². The smallest absolute Gasteiger partial charge is 0.00258 e. The normalized spacial score (nSPS) is 13.8. The van der Waals surface area contributed by atoms with Gasteiger partial charge in [0.05, 0.1) is 0 Å². The third-order valence-electron chi connectivity index (χ3n) is 3.65. The summed E-state index contributed by atoms with van der Waals surface area (Å²) in [6, 6.07) is 9.17. The minimum absolute atomic E-state index is 0.251. The highest BCUT2D eigenvalue weighted by atomic mass is 14.8. The number of rotatable bonds is 6. The molecule has 0 bridgehead atoms. The molecule has 19 heavy (non-hydrogen) atoms. The Morgan fingerprint density at radius 1 is 1.00 bits per heavy atom. The van der Waals surface area contributed by atoms with E-state index in [4.69, 9.17) is 0 Å². The first-order valence-corrected chi connectivity index (χ1v) is 7.62. The lowest BCUT2D eigenvalue weighted by atomic mass is 9.85. The van der Waals surface area contributed by atoms with E-state index in [-0.39, 0.29) is 5.41 Å². The Morgan fingerprint density at radius 3 is 2.05 bits per heavy atom. The topological polar surface area (TPSA) is 12.0 Å². The fraction of sp³-hybridized carbons (Fsp3) is 0.667. The number of hydrogen-bond acceptors (Lipinski definition) is 1. The summed E-state index contributed by atoms with van der Waals surface area (Å²) in [5, 5.41) is 3.52. The molecule has 0 spiro atoms. The molecular formula is C18H31N. The van der Waals surface area contributed by atoms with E-state index in [1.165, 1.54) is 17.5 Å². The van der Waals surface area contributed by atoms with Gasteiger partial charge in [0.15, 0.2) is 0 Å². The molecule has 0 radical (unpaired) electrons. The summed E-state index contributed by atoms with van der Waals surface area (Å²) in [6.07, 6.45) is 1.21. The van der Waals surface area contributed by atoms with Crippen molar-refractivity contribution < 1.29 is 0 Å². The largest absolute Gasteiger partial charge is 0.316 e. The molecule has 0 amide bonds. The summed E-state index contributed by atoms with van der Waals surface area (Å²) in [5.74, 6) is 1.37. The van der Waals surface area contributed by atoms with Crippen LogP contribution in [-0.2, 0) is 5.41 Å². The highest BCUT2D eigenvalue weighted by molar-refractivity contribution is 5.29. The molecular weight excluding hydrogens is 230 g/mol. The monoisotopic (exact) mass is 261 g/mol. The van der Waals surface area contributed by atoms with Gasteiger partial charge in [-0.3, -0.25) is 0 Å². The van der Waals surface area contributed by atoms with Crippen LogP contribution >= 0.6 is 0 Å². The first kappa shape index (κ1) is 16.2. The molecule has 1 aromatic carbocycles. The maximum Gasteiger partial charge on any atom is -0.00258 e. The van der Waals surface area contributed by atoms with Crippen LogP contribution in [0.3, 0.4) is 0 Å². The Kier molecular flexibility index (Phi) is 6.06. The van der Waals surface area contributed by atoms with E-state index in [0.29, 0.717) is 5.92 Å². The summed E-state index contributed by atoms with van der Waals surface area (Å²) in [4.78, 5) is 0. The van der Waals surface area contributed by atoms with Crippen molar-refractivity contribution in [3.63, 3.8) is 0 Å². The van der Waals surface area contributed by atoms with Crippen LogP contribution in [-0.4, -0.2) is 13.1 Å². The van der Waals surface area contributed by atoms with Gasteiger partial charge in [-0.2, -0.15) is 0 Å². The predicted molar refractivity (Wildman–Crippen MR) is 85.9 cm³/mol. The highest BCUT2D eigenvalue weighted by Crippen LogP contribution is 2.25. The van der Waals surface area contributed by atoms with Gasteiger partial charge >= 0.3 is 0 Å². The maximum atomic E-state index is 3.52. The lowest BCUT2D eigenvalue weighted by Gasteiger charge is -2.20. The van der Waals surface area contributed by atoms with Gasteiger partial charge in [0.25, 0.3) is 0 Å². The molecule has 0 aliphatic carbocycles. The number of hydrogen-bond donors (Lipinski definition) is 1. The molecule has 108 valence electrons. The summed E-state index contributed by atoms with van der Waals surface area (Å²) >= 11 is 0. The van der Waals surface area contributed by atoms with Crippen molar-refractivity contribution in [1.82, 2.24) is 5.32 Å². The van der Waals surface area contributed by atoms with E-state index in [9.17, 15) is 0 Å². The molecule has 0 aromatic heterocycles. The van der Waals surface area contributed by atoms with Crippen molar-refractivity contribution in [1.29, 1.82) is 0 Å². The van der Waals surface area contributed by atoms with Crippen molar-refractivity contribution in [2.75, 3.05) is 13.1 Å². The molecule has 1 rings (SSSR count). The van der Waals surface area contributed by atoms with Crippen LogP contribution in [0.2, 0.25) is 0 Å². The summed E-state index contributed by atoms with van der Waals surface area (Å²) in [6.45, 7) is 15.9. The van der Waals surface area contributed by atoms with E-state index >= 15 is 0 Å². The second kappa shape index (κ2) is 7.09. The first-order chi connectivity index (χ1) is 8.80. The van der Waals surface area contributed by atoms with Crippen LogP contribution in [0.1, 0.15) is 65.0 Å². The van der Waals surface area contributed by atoms with Gasteiger partial charge in [-0.05, 0) is 47.9 Å². The van der Waals surface area contributed by atoms with Crippen LogP contribution in [0, 0.1) is 5.92 Å². The Morgan fingerprint density at radius 2 is 1.58 bits per heavy atom. The van der Waals surface area contributed by atoms with Crippen molar-refractivity contribution in [3.05, 3.63) is 35.4 Å². The molecule has 0 aliphatic heterocycles. The van der Waals surface area contributed by atoms with E-state index in [2.05, 4.69) is 71.1 Å². The Balaban J connectivity index is 2.47. The van der Waals surface area contributed by atoms with Crippen LogP contribution < -0.4 is 5.32 Å². The number of benzene rings is 1. The van der Waals surface area contributed by atoms with Crippen LogP contribution in [0.4, 0.5) is 0 Å². The van der Waals surface area contributed by atoms with Gasteiger partial charge in [0.1, 0.15) is 0 Å². The van der Waals surface area contributed by atoms with Crippen molar-refractivity contribution in [2.24, 2.45) is 5.92 Å². The summed E-state index contributed by atoms with van der Waals surface area (Å²) in [5.41, 5.74) is 3.13. The zero-order valence-corrected chi connectivity index (χ0v) is 13.6. The Hall–Kier alpha value is -0.820. The third-order valence-corrected chi connectivity index (χ3v) is 3.65. The van der Waals surface area contributed by atoms with Gasteiger partial charge in [-0.15, -0.1) is 0 Å². The predicted octanol–water partition coefficient (Wildman–Crippen LogP) is 4.72. The van der Waals surface area contributed by atoms with Crippen LogP contribution in [0.25, 0.3) is 0 Å². The van der Waals surface area contributed by atoms with Crippen LogP contribution in [0.15, 0.2) is 24.3 Å². The Bertz CT molecular complexity index is 356. The van der Waals surface area contributed by atoms with E-state index in [1.54, 1.807) is 0 Å². The second-order valence-electron chi connectivity index (χ2n) is 7.16. The summed E-state index contributed by atoms with van der Waals surface area (Å²) < 4.78 is 0. The standard InChI is InChI=1S/C18H31N/c1-14(2)13-19-12-11-15(3)16-7-9-17(10-8-16)18(4,5)6/h7-10,14-15,19H,11-13H2,1-6H3. The molecule has 0 saturated carbocycles. The molecule has 1 N–H and O–H groups in total. The van der Waals surface area contributed by atoms with Gasteiger partial charge in [-0.1, -0.05) is 65.8 Å². The SMILES string of the molecule is CC(C)CNCCC(C)c1ccc(C(C)(C)C)cc1. The molecule has 0 saturated heterocycles. The molecule has 1 nitrogen and oxygen atoms in total. The Labute approximate surface area is 119 Å². The fourth-order valence-corrected chi connectivity index (χ4v) is 2.19. The first-order valence-electron chi connectivity index (χ1n) is 7.62. The van der Waals surface area contributed by atoms with Gasteiger partial charge in [0, 0.05) is 0 Å². The maximum absolute atomic E-state index is 3.52. The van der Waals surface area contributed by atoms with Crippen molar-refractivity contribution >= 4 is 0 Å². The van der Waals surface area contributed by atoms with Crippen LogP contribution in [0.5, 0.6) is 0 Å². The van der Waals surface area contributed by atoms with E-state index in [0.717, 1.165) is 19.0 Å². The molecule has 1 aromatic rings. The molecule has 0 aliphatic rings. The molecule has 1 unspecified atom stereocenters. The average Bonchev–Trinajstić information content (AvgIpc) is 2.33. The lowest BCUT2D eigenvalue weighted by Crippen LogP contribution is -2.21. The lowest BCUT2D eigenvalue weighted by molar-refractivity contribution is 0.524. The van der Waals surface area contributed by atoms with E-state index in [1.807, 2.05) is 0 Å². The quantitative estimate of drug-likeness (QED) is 0.730. The average molecular weight is 261 g/mol. The zero-order chi connectivity index (χ0) is 14.5. The van der Waals surface area contributed by atoms with Crippen molar-refractivity contribution in [2.45, 2.75) is 59.3 Å². The zero-order valence-electron chi connectivity index (χ0n) is 13.6. The molecule has 0 fully saturated rings. The number of nitrogens with one attached hydrogen (secondary N) is 1. The van der Waals surface area contributed by atoms with E-state index < -0.39 is 0 Å². The fourth-order valence-electron chi connectivity index (χ4n) is 2.19. The molecule has 1 atom stereocenters. The third kappa shape index (κ3) is 5.78. The highest BCUT2D eigenvalue weighted by Gasteiger charge is 2.13. The molecule has 1 heteroatoms. The van der Waals surface area contributed by atoms with Gasteiger partial charge < -0.3 is 5.32 Å². The minimum atomic E-state index is 0.251. The van der Waals surface area contributed by atoms with Gasteiger partial charge in [0.2, 0.25) is 0 Å². The molecule has 0 heterocycles. The van der Waals surface area contributed by atoms with Gasteiger partial charge in [-0.25, -0.2) is 0 Å². The summed E-state index contributed by atoms with van der Waals surface area (Å²) in [7, 11) is 0. The second-order valence-corrected chi connectivity index (χ2v) is 7.16. The minimum Gasteiger partial charge on any atom is -0.316 e.